The third-order valence-corrected chi connectivity index (χ3v) is 4.05. The summed E-state index contributed by atoms with van der Waals surface area (Å²) in [6, 6.07) is 7.69. The first-order chi connectivity index (χ1) is 9.67. The molecule has 0 atom stereocenters. The predicted molar refractivity (Wildman–Crippen MR) is 79.2 cm³/mol. The maximum atomic E-state index is 11.4. The van der Waals surface area contributed by atoms with Gasteiger partial charge in [0, 0.05) is 7.11 Å². The standard InChI is InChI=1S/C15H17NO3S/c1-3-6-12-16-13(15(17)18)14(20-12)11-8-5-4-7-10(11)9-19-2/h4-5,7-8H,3,6,9H2,1-2H3,(H,17,18). The minimum atomic E-state index is -0.981. The van der Waals surface area contributed by atoms with E-state index in [1.54, 1.807) is 7.11 Å². The molecule has 0 aliphatic carbocycles. The molecule has 0 spiro atoms. The van der Waals surface area contributed by atoms with Gasteiger partial charge in [0.25, 0.3) is 0 Å². The summed E-state index contributed by atoms with van der Waals surface area (Å²) < 4.78 is 5.18. The van der Waals surface area contributed by atoms with Crippen LogP contribution in [0.2, 0.25) is 0 Å². The highest BCUT2D eigenvalue weighted by molar-refractivity contribution is 7.15. The first-order valence-electron chi connectivity index (χ1n) is 6.47. The topological polar surface area (TPSA) is 59.4 Å². The van der Waals surface area contributed by atoms with Crippen LogP contribution in [-0.4, -0.2) is 23.2 Å². The second-order valence-electron chi connectivity index (χ2n) is 4.43. The molecule has 0 aliphatic heterocycles. The number of aromatic nitrogens is 1. The van der Waals surface area contributed by atoms with Gasteiger partial charge >= 0.3 is 5.97 Å². The van der Waals surface area contributed by atoms with E-state index < -0.39 is 5.97 Å². The number of rotatable bonds is 6. The van der Waals surface area contributed by atoms with Crippen LogP contribution in [0, 0.1) is 0 Å². The Bertz CT molecular complexity index is 607. The van der Waals surface area contributed by atoms with Crippen molar-refractivity contribution in [2.75, 3.05) is 7.11 Å². The highest BCUT2D eigenvalue weighted by Crippen LogP contribution is 2.33. The zero-order chi connectivity index (χ0) is 14.5. The molecule has 0 unspecified atom stereocenters. The molecule has 0 fully saturated rings. The van der Waals surface area contributed by atoms with E-state index in [9.17, 15) is 9.90 Å². The molecular formula is C15H17NO3S. The van der Waals surface area contributed by atoms with Crippen molar-refractivity contribution in [3.63, 3.8) is 0 Å². The molecule has 0 saturated carbocycles. The van der Waals surface area contributed by atoms with Crippen molar-refractivity contribution in [2.24, 2.45) is 0 Å². The van der Waals surface area contributed by atoms with Crippen molar-refractivity contribution in [1.82, 2.24) is 4.98 Å². The van der Waals surface area contributed by atoms with Crippen LogP contribution >= 0.6 is 11.3 Å². The molecule has 2 rings (SSSR count). The lowest BCUT2D eigenvalue weighted by Crippen LogP contribution is -2.00. The number of benzene rings is 1. The highest BCUT2D eigenvalue weighted by atomic mass is 32.1. The lowest BCUT2D eigenvalue weighted by molar-refractivity contribution is 0.0692. The summed E-state index contributed by atoms with van der Waals surface area (Å²) in [6.07, 6.45) is 1.75. The molecule has 5 heteroatoms. The number of nitrogens with zero attached hydrogens (tertiary/aromatic N) is 1. The number of aryl methyl sites for hydroxylation is 1. The molecule has 0 aliphatic rings. The zero-order valence-corrected chi connectivity index (χ0v) is 12.4. The fourth-order valence-electron chi connectivity index (χ4n) is 2.04. The van der Waals surface area contributed by atoms with Crippen LogP contribution in [-0.2, 0) is 17.8 Å². The van der Waals surface area contributed by atoms with E-state index in [2.05, 4.69) is 11.9 Å². The van der Waals surface area contributed by atoms with Gasteiger partial charge in [-0.2, -0.15) is 0 Å². The summed E-state index contributed by atoms with van der Waals surface area (Å²) in [4.78, 5) is 16.4. The largest absolute Gasteiger partial charge is 0.476 e. The number of hydrogen-bond acceptors (Lipinski definition) is 4. The van der Waals surface area contributed by atoms with Crippen LogP contribution in [0.5, 0.6) is 0 Å². The van der Waals surface area contributed by atoms with E-state index in [-0.39, 0.29) is 5.69 Å². The van der Waals surface area contributed by atoms with Crippen LogP contribution in [0.4, 0.5) is 0 Å². The Hall–Kier alpha value is -1.72. The van der Waals surface area contributed by atoms with E-state index in [1.807, 2.05) is 24.3 Å². The molecule has 1 aromatic heterocycles. The number of carboxylic acid groups (broad SMARTS) is 1. The second-order valence-corrected chi connectivity index (χ2v) is 5.51. The van der Waals surface area contributed by atoms with Crippen LogP contribution in [0.1, 0.15) is 34.4 Å². The van der Waals surface area contributed by atoms with Crippen molar-refractivity contribution >= 4 is 17.3 Å². The maximum absolute atomic E-state index is 11.4. The predicted octanol–water partition coefficient (Wildman–Crippen LogP) is 3.61. The number of carboxylic acids is 1. The first-order valence-corrected chi connectivity index (χ1v) is 7.29. The van der Waals surface area contributed by atoms with Gasteiger partial charge in [-0.05, 0) is 24.0 Å². The summed E-state index contributed by atoms with van der Waals surface area (Å²) >= 11 is 1.46. The Morgan fingerprint density at radius 2 is 2.15 bits per heavy atom. The Morgan fingerprint density at radius 1 is 1.40 bits per heavy atom. The summed E-state index contributed by atoms with van der Waals surface area (Å²) in [5, 5.41) is 10.2. The van der Waals surface area contributed by atoms with Crippen LogP contribution in [0.15, 0.2) is 24.3 Å². The van der Waals surface area contributed by atoms with E-state index in [0.29, 0.717) is 11.5 Å². The van der Waals surface area contributed by atoms with Crippen molar-refractivity contribution in [3.8, 4) is 10.4 Å². The van der Waals surface area contributed by atoms with Gasteiger partial charge in [-0.25, -0.2) is 9.78 Å². The molecule has 0 amide bonds. The first kappa shape index (κ1) is 14.7. The Kier molecular flexibility index (Phi) is 4.87. The normalized spacial score (nSPS) is 10.7. The molecule has 1 aromatic carbocycles. The summed E-state index contributed by atoms with van der Waals surface area (Å²) in [6.45, 7) is 2.51. The maximum Gasteiger partial charge on any atom is 0.356 e. The molecule has 1 N–H and O–H groups in total. The fraction of sp³-hybridized carbons (Fsp3) is 0.333. The van der Waals surface area contributed by atoms with Gasteiger partial charge in [-0.15, -0.1) is 11.3 Å². The van der Waals surface area contributed by atoms with Gasteiger partial charge in [0.1, 0.15) is 0 Å². The fourth-order valence-corrected chi connectivity index (χ4v) is 3.25. The monoisotopic (exact) mass is 291 g/mol. The van der Waals surface area contributed by atoms with Crippen LogP contribution in [0.25, 0.3) is 10.4 Å². The number of carbonyl (C=O) groups is 1. The summed E-state index contributed by atoms with van der Waals surface area (Å²) in [5.41, 5.74) is 2.01. The van der Waals surface area contributed by atoms with Gasteiger partial charge in [0.05, 0.1) is 16.5 Å². The van der Waals surface area contributed by atoms with Gasteiger partial charge < -0.3 is 9.84 Å². The van der Waals surface area contributed by atoms with E-state index in [4.69, 9.17) is 4.74 Å². The number of thiazole rings is 1. The third-order valence-electron chi connectivity index (χ3n) is 2.90. The molecular weight excluding hydrogens is 274 g/mol. The van der Waals surface area contributed by atoms with Crippen LogP contribution < -0.4 is 0 Å². The van der Waals surface area contributed by atoms with Crippen molar-refractivity contribution in [3.05, 3.63) is 40.5 Å². The minimum absolute atomic E-state index is 0.141. The average Bonchev–Trinajstić information content (AvgIpc) is 2.84. The van der Waals surface area contributed by atoms with E-state index in [0.717, 1.165) is 29.0 Å². The molecule has 20 heavy (non-hydrogen) atoms. The molecule has 106 valence electrons. The third kappa shape index (κ3) is 3.05. The van der Waals surface area contributed by atoms with E-state index in [1.165, 1.54) is 11.3 Å². The van der Waals surface area contributed by atoms with Gasteiger partial charge in [0.2, 0.25) is 0 Å². The lowest BCUT2D eigenvalue weighted by atomic mass is 10.1. The Balaban J connectivity index is 2.53. The van der Waals surface area contributed by atoms with Gasteiger partial charge in [-0.1, -0.05) is 31.2 Å². The lowest BCUT2D eigenvalue weighted by Gasteiger charge is -2.07. The Labute approximate surface area is 122 Å². The molecule has 0 bridgehead atoms. The summed E-state index contributed by atoms with van der Waals surface area (Å²) in [5.74, 6) is -0.981. The zero-order valence-electron chi connectivity index (χ0n) is 11.5. The summed E-state index contributed by atoms with van der Waals surface area (Å²) in [7, 11) is 1.63. The molecule has 2 aromatic rings. The van der Waals surface area contributed by atoms with E-state index >= 15 is 0 Å². The smallest absolute Gasteiger partial charge is 0.356 e. The van der Waals surface area contributed by atoms with Crippen LogP contribution in [0.3, 0.4) is 0 Å². The molecule has 0 radical (unpaired) electrons. The van der Waals surface area contributed by atoms with Crippen molar-refractivity contribution < 1.29 is 14.6 Å². The molecule has 1 heterocycles. The average molecular weight is 291 g/mol. The Morgan fingerprint density at radius 3 is 2.80 bits per heavy atom. The SMILES string of the molecule is CCCc1nc(C(=O)O)c(-c2ccccc2COC)s1. The van der Waals surface area contributed by atoms with Crippen molar-refractivity contribution in [1.29, 1.82) is 0 Å². The molecule has 4 nitrogen and oxygen atoms in total. The van der Waals surface area contributed by atoms with Gasteiger partial charge in [-0.3, -0.25) is 0 Å². The number of methoxy groups -OCH3 is 1. The van der Waals surface area contributed by atoms with Gasteiger partial charge in [0.15, 0.2) is 5.69 Å². The second kappa shape index (κ2) is 6.63. The number of hydrogen-bond donors (Lipinski definition) is 1. The highest BCUT2D eigenvalue weighted by Gasteiger charge is 2.20. The molecule has 0 saturated heterocycles. The quantitative estimate of drug-likeness (QED) is 0.883. The number of aromatic carboxylic acids is 1. The minimum Gasteiger partial charge on any atom is -0.476 e. The van der Waals surface area contributed by atoms with Crippen molar-refractivity contribution in [2.45, 2.75) is 26.4 Å². The number of ether oxygens (including phenoxy) is 1.